The van der Waals surface area contributed by atoms with Crippen LogP contribution in [-0.4, -0.2) is 41.1 Å². The van der Waals surface area contributed by atoms with Gasteiger partial charge in [0.15, 0.2) is 5.82 Å². The molecule has 96 valence electrons. The number of tetrazole rings is 1. The van der Waals surface area contributed by atoms with E-state index in [2.05, 4.69) is 20.6 Å². The number of carboxylic acids is 1. The summed E-state index contributed by atoms with van der Waals surface area (Å²) < 4.78 is 3.32. The maximum Gasteiger partial charge on any atom is 0.306 e. The van der Waals surface area contributed by atoms with Gasteiger partial charge in [-0.15, -0.1) is 5.10 Å². The van der Waals surface area contributed by atoms with E-state index in [1.165, 1.54) is 0 Å². The van der Waals surface area contributed by atoms with Gasteiger partial charge in [-0.1, -0.05) is 6.92 Å². The molecule has 0 aliphatic carbocycles. The number of rotatable bonds is 6. The molecule has 0 aliphatic rings. The highest BCUT2D eigenvalue weighted by atomic mass is 16.4. The first kappa shape index (κ1) is 12.2. The van der Waals surface area contributed by atoms with Gasteiger partial charge in [0, 0.05) is 18.9 Å². The zero-order chi connectivity index (χ0) is 13.0. The third-order valence-corrected chi connectivity index (χ3v) is 2.66. The summed E-state index contributed by atoms with van der Waals surface area (Å²) in [6.45, 7) is 2.62. The highest BCUT2D eigenvalue weighted by Crippen LogP contribution is 2.05. The fraction of sp³-hybridized carbons (Fsp3) is 0.500. The average Bonchev–Trinajstić information content (AvgIpc) is 2.98. The van der Waals surface area contributed by atoms with Gasteiger partial charge in [0.1, 0.15) is 6.54 Å². The molecular formula is C10H14N6O2. The molecule has 0 aliphatic heterocycles. The fourth-order valence-electron chi connectivity index (χ4n) is 1.49. The molecule has 1 atom stereocenters. The van der Waals surface area contributed by atoms with Crippen LogP contribution in [0.4, 0.5) is 0 Å². The van der Waals surface area contributed by atoms with E-state index < -0.39 is 11.9 Å². The SMILES string of the molecule is CC(CCn1nnnc1Cn1cccn1)C(=O)O. The van der Waals surface area contributed by atoms with E-state index >= 15 is 0 Å². The first-order valence-electron chi connectivity index (χ1n) is 5.62. The third-order valence-electron chi connectivity index (χ3n) is 2.66. The van der Waals surface area contributed by atoms with Crippen LogP contribution in [0.3, 0.4) is 0 Å². The maximum atomic E-state index is 10.7. The number of hydrogen-bond acceptors (Lipinski definition) is 5. The van der Waals surface area contributed by atoms with Crippen molar-refractivity contribution >= 4 is 5.97 Å². The Morgan fingerprint density at radius 2 is 2.39 bits per heavy atom. The Morgan fingerprint density at radius 3 is 3.06 bits per heavy atom. The number of aliphatic carboxylic acids is 1. The van der Waals surface area contributed by atoms with Crippen molar-refractivity contribution in [3.8, 4) is 0 Å². The number of hydrogen-bond donors (Lipinski definition) is 1. The van der Waals surface area contributed by atoms with Crippen molar-refractivity contribution in [2.24, 2.45) is 5.92 Å². The Morgan fingerprint density at radius 1 is 1.56 bits per heavy atom. The molecule has 18 heavy (non-hydrogen) atoms. The smallest absolute Gasteiger partial charge is 0.306 e. The van der Waals surface area contributed by atoms with Crippen LogP contribution in [0.25, 0.3) is 0 Å². The summed E-state index contributed by atoms with van der Waals surface area (Å²) in [6.07, 6.45) is 3.99. The van der Waals surface area contributed by atoms with Crippen LogP contribution in [0.5, 0.6) is 0 Å². The molecule has 8 nitrogen and oxygen atoms in total. The molecule has 1 unspecified atom stereocenters. The topological polar surface area (TPSA) is 98.7 Å². The lowest BCUT2D eigenvalue weighted by Gasteiger charge is -2.07. The molecule has 2 heterocycles. The average molecular weight is 250 g/mol. The highest BCUT2D eigenvalue weighted by Gasteiger charge is 2.13. The van der Waals surface area contributed by atoms with E-state index in [1.807, 2.05) is 12.3 Å². The molecule has 0 aromatic carbocycles. The molecule has 1 N–H and O–H groups in total. The quantitative estimate of drug-likeness (QED) is 0.776. The van der Waals surface area contributed by atoms with Gasteiger partial charge in [0.2, 0.25) is 0 Å². The van der Waals surface area contributed by atoms with Crippen molar-refractivity contribution in [3.05, 3.63) is 24.3 Å². The summed E-state index contributed by atoms with van der Waals surface area (Å²) in [7, 11) is 0. The number of aryl methyl sites for hydroxylation is 1. The summed E-state index contributed by atoms with van der Waals surface area (Å²) in [5.74, 6) is -0.556. The Bertz CT molecular complexity index is 506. The van der Waals surface area contributed by atoms with Crippen molar-refractivity contribution in [2.75, 3.05) is 0 Å². The molecule has 0 saturated carbocycles. The van der Waals surface area contributed by atoms with Crippen LogP contribution in [-0.2, 0) is 17.9 Å². The molecule has 0 saturated heterocycles. The summed E-state index contributed by atoms with van der Waals surface area (Å²) in [5, 5.41) is 24.2. The lowest BCUT2D eigenvalue weighted by Crippen LogP contribution is -2.16. The number of nitrogens with zero attached hydrogens (tertiary/aromatic N) is 6. The van der Waals surface area contributed by atoms with Crippen LogP contribution in [0.15, 0.2) is 18.5 Å². The molecular weight excluding hydrogens is 236 g/mol. The second-order valence-electron chi connectivity index (χ2n) is 4.05. The molecule has 0 bridgehead atoms. The molecule has 0 radical (unpaired) electrons. The van der Waals surface area contributed by atoms with E-state index in [0.29, 0.717) is 25.3 Å². The molecule has 8 heteroatoms. The van der Waals surface area contributed by atoms with Gasteiger partial charge in [-0.05, 0) is 22.9 Å². The monoisotopic (exact) mass is 250 g/mol. The van der Waals surface area contributed by atoms with Crippen LogP contribution < -0.4 is 0 Å². The van der Waals surface area contributed by atoms with Crippen molar-refractivity contribution < 1.29 is 9.90 Å². The second kappa shape index (κ2) is 5.39. The van der Waals surface area contributed by atoms with Gasteiger partial charge in [0.05, 0.1) is 5.92 Å². The molecule has 2 rings (SSSR count). The standard InChI is InChI=1S/C10H14N6O2/c1-8(10(17)18)3-6-16-9(12-13-14-16)7-15-5-2-4-11-15/h2,4-5,8H,3,6-7H2,1H3,(H,17,18). The van der Waals surface area contributed by atoms with Crippen LogP contribution >= 0.6 is 0 Å². The molecule has 2 aromatic heterocycles. The first-order chi connectivity index (χ1) is 8.66. The fourth-order valence-corrected chi connectivity index (χ4v) is 1.49. The van der Waals surface area contributed by atoms with Crippen molar-refractivity contribution in [1.29, 1.82) is 0 Å². The number of carboxylic acid groups (broad SMARTS) is 1. The van der Waals surface area contributed by atoms with Crippen LogP contribution in [0.1, 0.15) is 19.2 Å². The van der Waals surface area contributed by atoms with E-state index in [0.717, 1.165) is 0 Å². The van der Waals surface area contributed by atoms with E-state index in [9.17, 15) is 4.79 Å². The van der Waals surface area contributed by atoms with Crippen molar-refractivity contribution in [1.82, 2.24) is 30.0 Å². The zero-order valence-electron chi connectivity index (χ0n) is 9.97. The minimum atomic E-state index is -0.809. The summed E-state index contributed by atoms with van der Waals surface area (Å²) in [4.78, 5) is 10.7. The van der Waals surface area contributed by atoms with Gasteiger partial charge < -0.3 is 5.11 Å². The van der Waals surface area contributed by atoms with E-state index in [-0.39, 0.29) is 0 Å². The maximum absolute atomic E-state index is 10.7. The Hall–Kier alpha value is -2.25. The Kier molecular flexibility index (Phi) is 3.66. The summed E-state index contributed by atoms with van der Waals surface area (Å²) in [5.41, 5.74) is 0. The van der Waals surface area contributed by atoms with Gasteiger partial charge in [0.25, 0.3) is 0 Å². The lowest BCUT2D eigenvalue weighted by atomic mass is 10.1. The zero-order valence-corrected chi connectivity index (χ0v) is 9.97. The summed E-state index contributed by atoms with van der Waals surface area (Å²) in [6, 6.07) is 1.82. The van der Waals surface area contributed by atoms with E-state index in [1.54, 1.807) is 22.5 Å². The van der Waals surface area contributed by atoms with Crippen molar-refractivity contribution in [3.63, 3.8) is 0 Å². The molecule has 2 aromatic rings. The highest BCUT2D eigenvalue weighted by molar-refractivity contribution is 5.69. The van der Waals surface area contributed by atoms with Crippen LogP contribution in [0, 0.1) is 5.92 Å². The molecule has 0 spiro atoms. The predicted molar refractivity (Wildman–Crippen MR) is 60.6 cm³/mol. The number of aromatic nitrogens is 6. The number of carbonyl (C=O) groups is 1. The summed E-state index contributed by atoms with van der Waals surface area (Å²) >= 11 is 0. The van der Waals surface area contributed by atoms with Gasteiger partial charge in [-0.2, -0.15) is 5.10 Å². The molecule has 0 amide bonds. The minimum Gasteiger partial charge on any atom is -0.481 e. The normalized spacial score (nSPS) is 12.5. The largest absolute Gasteiger partial charge is 0.481 e. The third kappa shape index (κ3) is 2.90. The van der Waals surface area contributed by atoms with Crippen LogP contribution in [0.2, 0.25) is 0 Å². The minimum absolute atomic E-state index is 0.410. The van der Waals surface area contributed by atoms with Gasteiger partial charge in [-0.25, -0.2) is 4.68 Å². The Labute approximate surface area is 103 Å². The molecule has 0 fully saturated rings. The van der Waals surface area contributed by atoms with Crippen molar-refractivity contribution in [2.45, 2.75) is 26.4 Å². The lowest BCUT2D eigenvalue weighted by molar-refractivity contribution is -0.141. The second-order valence-corrected chi connectivity index (χ2v) is 4.05. The van der Waals surface area contributed by atoms with Gasteiger partial charge in [-0.3, -0.25) is 9.48 Å². The van der Waals surface area contributed by atoms with Gasteiger partial charge >= 0.3 is 5.97 Å². The van der Waals surface area contributed by atoms with E-state index in [4.69, 9.17) is 5.11 Å². The Balaban J connectivity index is 1.97. The predicted octanol–water partition coefficient (Wildman–Crippen LogP) is 0.0287. The first-order valence-corrected chi connectivity index (χ1v) is 5.62.